The molecule has 0 saturated carbocycles. The van der Waals surface area contributed by atoms with Gasteiger partial charge in [-0.25, -0.2) is 0 Å². The van der Waals surface area contributed by atoms with Crippen LogP contribution in [0.4, 0.5) is 0 Å². The largest absolute Gasteiger partial charge is 0.464 e. The van der Waals surface area contributed by atoms with Crippen LogP contribution < -0.4 is 0 Å². The Hall–Kier alpha value is -3.41. The fourth-order valence-corrected chi connectivity index (χ4v) is 3.08. The molecule has 0 saturated heterocycles. The zero-order chi connectivity index (χ0) is 19.7. The van der Waals surface area contributed by atoms with E-state index in [1.165, 1.54) is 0 Å². The van der Waals surface area contributed by atoms with Crippen molar-refractivity contribution in [2.24, 2.45) is 0 Å². The molecule has 4 aromatic rings. The molecule has 0 unspecified atom stereocenters. The summed E-state index contributed by atoms with van der Waals surface area (Å²) in [6.07, 6.45) is 1.73. The number of furan rings is 1. The molecule has 0 N–H and O–H groups in total. The number of benzene rings is 2. The molecular weight excluding hydrogens is 356 g/mol. The first kappa shape index (κ1) is 18.0. The molecule has 4 rings (SSSR count). The second-order valence-corrected chi connectivity index (χ2v) is 6.85. The molecule has 0 atom stereocenters. The van der Waals surface area contributed by atoms with E-state index < -0.39 is 0 Å². The number of ether oxygens (including phenoxy) is 1. The third-order valence-corrected chi connectivity index (χ3v) is 4.77. The van der Waals surface area contributed by atoms with Crippen molar-refractivity contribution in [3.8, 4) is 11.5 Å². The first-order valence-corrected chi connectivity index (χ1v) is 9.02. The van der Waals surface area contributed by atoms with Gasteiger partial charge >= 0.3 is 5.97 Å². The quantitative estimate of drug-likeness (QED) is 0.470. The molecule has 28 heavy (non-hydrogen) atoms. The zero-order valence-electron chi connectivity index (χ0n) is 16.0. The highest BCUT2D eigenvalue weighted by molar-refractivity contribution is 5.88. The molecule has 2 heterocycles. The molecule has 6 nitrogen and oxygen atoms in total. The molecule has 0 aliphatic carbocycles. The van der Waals surface area contributed by atoms with Crippen molar-refractivity contribution in [1.82, 2.24) is 10.2 Å². The maximum Gasteiger partial charge on any atom is 0.310 e. The van der Waals surface area contributed by atoms with Gasteiger partial charge < -0.3 is 13.6 Å². The average molecular weight is 376 g/mol. The maximum atomic E-state index is 12.2. The Balaban J connectivity index is 1.41. The lowest BCUT2D eigenvalue weighted by Crippen LogP contribution is -2.08. The number of fused-ring (bicyclic) bond motifs is 1. The monoisotopic (exact) mass is 376 g/mol. The number of hydrogen-bond acceptors (Lipinski definition) is 6. The van der Waals surface area contributed by atoms with Crippen molar-refractivity contribution < 1.29 is 18.4 Å². The molecule has 142 valence electrons. The fraction of sp³-hybridized carbons (Fsp3) is 0.227. The van der Waals surface area contributed by atoms with Crippen LogP contribution in [0.15, 0.2) is 51.5 Å². The van der Waals surface area contributed by atoms with Gasteiger partial charge in [0, 0.05) is 16.5 Å². The van der Waals surface area contributed by atoms with Crippen LogP contribution in [0, 0.1) is 20.8 Å². The Morgan fingerprint density at radius 2 is 1.96 bits per heavy atom. The smallest absolute Gasteiger partial charge is 0.310 e. The zero-order valence-corrected chi connectivity index (χ0v) is 16.0. The Labute approximate surface area is 162 Å². The van der Waals surface area contributed by atoms with Gasteiger partial charge in [0.1, 0.15) is 5.58 Å². The van der Waals surface area contributed by atoms with Gasteiger partial charge in [-0.3, -0.25) is 4.79 Å². The molecule has 0 amide bonds. The number of aromatic nitrogens is 2. The Kier molecular flexibility index (Phi) is 4.69. The highest BCUT2D eigenvalue weighted by atomic mass is 16.5. The van der Waals surface area contributed by atoms with Crippen LogP contribution in [-0.2, 0) is 22.6 Å². The molecule has 0 spiro atoms. The van der Waals surface area contributed by atoms with E-state index in [2.05, 4.69) is 10.2 Å². The first-order valence-electron chi connectivity index (χ1n) is 9.02. The molecule has 6 heteroatoms. The molecule has 0 fully saturated rings. The van der Waals surface area contributed by atoms with Crippen molar-refractivity contribution in [3.05, 3.63) is 70.8 Å². The van der Waals surface area contributed by atoms with Crippen LogP contribution in [0.25, 0.3) is 22.4 Å². The molecule has 0 bridgehead atoms. The van der Waals surface area contributed by atoms with Gasteiger partial charge in [0.25, 0.3) is 5.89 Å². The minimum absolute atomic E-state index is 0.0639. The SMILES string of the molecule is Cc1cccc(-c2nnc(COC(=O)Cc3coc4c(C)c(C)ccc34)o2)c1. The number of hydrogen-bond donors (Lipinski definition) is 0. The van der Waals surface area contributed by atoms with E-state index in [1.807, 2.05) is 57.2 Å². The lowest BCUT2D eigenvalue weighted by atomic mass is 10.0. The summed E-state index contributed by atoms with van der Waals surface area (Å²) in [6, 6.07) is 11.8. The van der Waals surface area contributed by atoms with Gasteiger partial charge in [-0.2, -0.15) is 0 Å². The van der Waals surface area contributed by atoms with Gasteiger partial charge in [-0.1, -0.05) is 29.8 Å². The van der Waals surface area contributed by atoms with Crippen LogP contribution in [0.5, 0.6) is 0 Å². The average Bonchev–Trinajstić information content (AvgIpc) is 3.31. The highest BCUT2D eigenvalue weighted by Gasteiger charge is 2.15. The predicted molar refractivity (Wildman–Crippen MR) is 104 cm³/mol. The fourth-order valence-electron chi connectivity index (χ4n) is 3.08. The topological polar surface area (TPSA) is 78.4 Å². The van der Waals surface area contributed by atoms with Gasteiger partial charge in [0.15, 0.2) is 6.61 Å². The van der Waals surface area contributed by atoms with Crippen molar-refractivity contribution in [1.29, 1.82) is 0 Å². The summed E-state index contributed by atoms with van der Waals surface area (Å²) in [7, 11) is 0. The van der Waals surface area contributed by atoms with Crippen LogP contribution in [0.1, 0.15) is 28.1 Å². The summed E-state index contributed by atoms with van der Waals surface area (Å²) in [5.41, 5.74) is 5.77. The van der Waals surface area contributed by atoms with E-state index >= 15 is 0 Å². The van der Waals surface area contributed by atoms with Crippen molar-refractivity contribution in [3.63, 3.8) is 0 Å². The summed E-state index contributed by atoms with van der Waals surface area (Å²) in [4.78, 5) is 12.2. The van der Waals surface area contributed by atoms with Gasteiger partial charge in [-0.05, 0) is 44.0 Å². The summed E-state index contributed by atoms with van der Waals surface area (Å²) in [5.74, 6) is 0.283. The summed E-state index contributed by atoms with van der Waals surface area (Å²) >= 11 is 0. The minimum atomic E-state index is -0.378. The van der Waals surface area contributed by atoms with E-state index in [0.29, 0.717) is 5.89 Å². The molecular formula is C22H20N2O4. The lowest BCUT2D eigenvalue weighted by Gasteiger charge is -2.02. The van der Waals surface area contributed by atoms with Crippen molar-refractivity contribution >= 4 is 16.9 Å². The molecule has 2 aromatic carbocycles. The summed E-state index contributed by atoms with van der Waals surface area (Å²) in [5, 5.41) is 8.90. The van der Waals surface area contributed by atoms with Crippen molar-refractivity contribution in [2.45, 2.75) is 33.8 Å². The van der Waals surface area contributed by atoms with Gasteiger partial charge in [0.2, 0.25) is 5.89 Å². The summed E-state index contributed by atoms with van der Waals surface area (Å²) in [6.45, 7) is 5.96. The van der Waals surface area contributed by atoms with E-state index in [9.17, 15) is 4.79 Å². The number of esters is 1. The van der Waals surface area contributed by atoms with Crippen LogP contribution in [0.3, 0.4) is 0 Å². The van der Waals surface area contributed by atoms with Crippen LogP contribution in [0.2, 0.25) is 0 Å². The third-order valence-electron chi connectivity index (χ3n) is 4.77. The van der Waals surface area contributed by atoms with E-state index in [4.69, 9.17) is 13.6 Å². The maximum absolute atomic E-state index is 12.2. The predicted octanol–water partition coefficient (Wildman–Crippen LogP) is 4.69. The Morgan fingerprint density at radius 3 is 2.79 bits per heavy atom. The van der Waals surface area contributed by atoms with E-state index in [1.54, 1.807) is 6.26 Å². The summed E-state index contributed by atoms with van der Waals surface area (Å²) < 4.78 is 16.5. The van der Waals surface area contributed by atoms with Crippen LogP contribution in [-0.4, -0.2) is 16.2 Å². The molecule has 0 aliphatic heterocycles. The highest BCUT2D eigenvalue weighted by Crippen LogP contribution is 2.27. The lowest BCUT2D eigenvalue weighted by molar-refractivity contribution is -0.144. The van der Waals surface area contributed by atoms with E-state index in [-0.39, 0.29) is 24.9 Å². The second kappa shape index (κ2) is 7.31. The van der Waals surface area contributed by atoms with Crippen LogP contribution >= 0.6 is 0 Å². The number of carbonyl (C=O) groups is 1. The third kappa shape index (κ3) is 3.53. The first-order chi connectivity index (χ1) is 13.5. The normalized spacial score (nSPS) is 11.1. The van der Waals surface area contributed by atoms with Gasteiger partial charge in [-0.15, -0.1) is 10.2 Å². The van der Waals surface area contributed by atoms with E-state index in [0.717, 1.165) is 38.8 Å². The minimum Gasteiger partial charge on any atom is -0.464 e. The molecule has 2 aromatic heterocycles. The Morgan fingerprint density at radius 1 is 1.11 bits per heavy atom. The standard InChI is InChI=1S/C22H20N2O4/c1-13-5-4-6-16(9-13)22-24-23-19(28-22)12-26-20(25)10-17-11-27-21-15(3)14(2)7-8-18(17)21/h4-9,11H,10,12H2,1-3H3. The second-order valence-electron chi connectivity index (χ2n) is 6.85. The molecule has 0 radical (unpaired) electrons. The number of carbonyl (C=O) groups excluding carboxylic acids is 1. The molecule has 0 aliphatic rings. The number of rotatable bonds is 5. The number of aryl methyl sites for hydroxylation is 3. The van der Waals surface area contributed by atoms with Crippen molar-refractivity contribution in [2.75, 3.05) is 0 Å². The number of nitrogens with zero attached hydrogens (tertiary/aromatic N) is 2. The Bertz CT molecular complexity index is 1160. The van der Waals surface area contributed by atoms with Gasteiger partial charge in [0.05, 0.1) is 12.7 Å².